The predicted octanol–water partition coefficient (Wildman–Crippen LogP) is 5.08. The molecule has 0 saturated carbocycles. The van der Waals surface area contributed by atoms with E-state index in [9.17, 15) is 18.0 Å². The summed E-state index contributed by atoms with van der Waals surface area (Å²) >= 11 is 0. The van der Waals surface area contributed by atoms with E-state index in [1.54, 1.807) is 6.07 Å². The van der Waals surface area contributed by atoms with Crippen molar-refractivity contribution in [1.82, 2.24) is 10.2 Å². The van der Waals surface area contributed by atoms with Gasteiger partial charge in [-0.15, -0.1) is 0 Å². The normalized spacial score (nSPS) is 16.9. The molecule has 0 amide bonds. The topological polar surface area (TPSA) is 42.9 Å². The van der Waals surface area contributed by atoms with Gasteiger partial charge in [0.2, 0.25) is 0 Å². The van der Waals surface area contributed by atoms with Crippen LogP contribution >= 0.6 is 0 Å². The Morgan fingerprint density at radius 3 is 2.41 bits per heavy atom. The molecule has 0 spiro atoms. The molecule has 0 aliphatic heterocycles. The first-order chi connectivity index (χ1) is 12.9. The van der Waals surface area contributed by atoms with Gasteiger partial charge in [-0.05, 0) is 36.1 Å². The van der Waals surface area contributed by atoms with Gasteiger partial charge in [0.15, 0.2) is 5.78 Å². The summed E-state index contributed by atoms with van der Waals surface area (Å²) in [5.74, 6) is -0.0202. The summed E-state index contributed by atoms with van der Waals surface area (Å²) in [7, 11) is 0. The van der Waals surface area contributed by atoms with Crippen LogP contribution in [0.2, 0.25) is 0 Å². The van der Waals surface area contributed by atoms with E-state index in [4.69, 9.17) is 0 Å². The van der Waals surface area contributed by atoms with E-state index in [0.29, 0.717) is 24.1 Å². The number of carbonyl (C=O) groups is 1. The molecule has 3 nitrogen and oxygen atoms in total. The molecule has 1 heterocycles. The summed E-state index contributed by atoms with van der Waals surface area (Å²) in [5.41, 5.74) is 1.92. The van der Waals surface area contributed by atoms with Gasteiger partial charge in [0.25, 0.3) is 0 Å². The van der Waals surface area contributed by atoms with Crippen molar-refractivity contribution in [3.8, 4) is 11.3 Å². The molecule has 0 N–H and O–H groups in total. The summed E-state index contributed by atoms with van der Waals surface area (Å²) in [4.78, 5) is 12.6. The molecule has 1 unspecified atom stereocenters. The van der Waals surface area contributed by atoms with Crippen molar-refractivity contribution in [1.29, 1.82) is 0 Å². The summed E-state index contributed by atoms with van der Waals surface area (Å²) in [5, 5.41) is 8.24. The largest absolute Gasteiger partial charge is 0.416 e. The zero-order valence-electron chi connectivity index (χ0n) is 14.2. The molecule has 1 aromatic heterocycles. The van der Waals surface area contributed by atoms with Crippen LogP contribution in [0.5, 0.6) is 0 Å². The van der Waals surface area contributed by atoms with E-state index in [0.717, 1.165) is 17.7 Å². The molecule has 0 bridgehead atoms. The monoisotopic (exact) mass is 368 g/mol. The molecule has 1 aliphatic rings. The Morgan fingerprint density at radius 1 is 0.889 bits per heavy atom. The average Bonchev–Trinajstić information content (AvgIpc) is 2.68. The lowest BCUT2D eigenvalue weighted by Crippen LogP contribution is -2.21. The number of Topliss-reactive ketones (excluding diaryl/α,β-unsaturated/α-hetero) is 1. The van der Waals surface area contributed by atoms with Crippen molar-refractivity contribution in [2.24, 2.45) is 0 Å². The van der Waals surface area contributed by atoms with E-state index in [-0.39, 0.29) is 23.0 Å². The fourth-order valence-electron chi connectivity index (χ4n) is 3.41. The molecule has 4 rings (SSSR count). The number of halogens is 3. The van der Waals surface area contributed by atoms with Crippen LogP contribution < -0.4 is 0 Å². The summed E-state index contributed by atoms with van der Waals surface area (Å²) < 4.78 is 38.8. The Morgan fingerprint density at radius 2 is 1.67 bits per heavy atom. The second kappa shape index (κ2) is 6.61. The van der Waals surface area contributed by atoms with E-state index in [1.807, 2.05) is 30.3 Å². The number of aromatic nitrogens is 2. The third kappa shape index (κ3) is 3.47. The molecule has 3 aromatic rings. The lowest BCUT2D eigenvalue weighted by Gasteiger charge is -2.23. The minimum atomic E-state index is -4.43. The molecule has 136 valence electrons. The average molecular weight is 368 g/mol. The molecule has 0 fully saturated rings. The molecular weight excluding hydrogens is 353 g/mol. The van der Waals surface area contributed by atoms with E-state index in [1.165, 1.54) is 12.1 Å². The second-order valence-electron chi connectivity index (χ2n) is 6.61. The van der Waals surface area contributed by atoms with Gasteiger partial charge in [-0.2, -0.15) is 23.4 Å². The highest BCUT2D eigenvalue weighted by Gasteiger charge is 2.31. The number of alkyl halides is 3. The zero-order chi connectivity index (χ0) is 19.0. The Kier molecular flexibility index (Phi) is 4.26. The minimum Gasteiger partial charge on any atom is -0.294 e. The molecule has 0 radical (unpaired) electrons. The highest BCUT2D eigenvalue weighted by Crippen LogP contribution is 2.34. The van der Waals surface area contributed by atoms with Gasteiger partial charge in [0.05, 0.1) is 17.0 Å². The van der Waals surface area contributed by atoms with Crippen LogP contribution in [0, 0.1) is 0 Å². The van der Waals surface area contributed by atoms with Crippen LogP contribution in [0.3, 0.4) is 0 Å². The van der Waals surface area contributed by atoms with Crippen molar-refractivity contribution in [2.45, 2.75) is 24.9 Å². The van der Waals surface area contributed by atoms with Gasteiger partial charge in [-0.1, -0.05) is 42.5 Å². The number of ketones is 1. The van der Waals surface area contributed by atoms with E-state index in [2.05, 4.69) is 10.2 Å². The van der Waals surface area contributed by atoms with Crippen molar-refractivity contribution >= 4 is 5.78 Å². The maximum absolute atomic E-state index is 12.9. The lowest BCUT2D eigenvalue weighted by molar-refractivity contribution is -0.137. The number of fused-ring (bicyclic) bond motifs is 1. The van der Waals surface area contributed by atoms with Crippen LogP contribution in [-0.4, -0.2) is 16.0 Å². The first-order valence-electron chi connectivity index (χ1n) is 8.54. The summed E-state index contributed by atoms with van der Waals surface area (Å²) in [6.07, 6.45) is -3.50. The number of nitrogens with zero attached hydrogens (tertiary/aromatic N) is 2. The van der Waals surface area contributed by atoms with Crippen molar-refractivity contribution in [3.63, 3.8) is 0 Å². The highest BCUT2D eigenvalue weighted by atomic mass is 19.4. The van der Waals surface area contributed by atoms with E-state index >= 15 is 0 Å². The van der Waals surface area contributed by atoms with Crippen LogP contribution in [0.25, 0.3) is 11.3 Å². The quantitative estimate of drug-likeness (QED) is 0.634. The molecular formula is C21H15F3N2O. The van der Waals surface area contributed by atoms with Crippen LogP contribution in [-0.2, 0) is 12.6 Å². The molecule has 1 atom stereocenters. The van der Waals surface area contributed by atoms with Gasteiger partial charge >= 0.3 is 6.18 Å². The highest BCUT2D eigenvalue weighted by molar-refractivity contribution is 5.99. The fraction of sp³-hybridized carbons (Fsp3) is 0.190. The Hall–Kier alpha value is -3.02. The smallest absolute Gasteiger partial charge is 0.294 e. The number of hydrogen-bond acceptors (Lipinski definition) is 3. The predicted molar refractivity (Wildman–Crippen MR) is 94.3 cm³/mol. The molecule has 27 heavy (non-hydrogen) atoms. The Balaban J connectivity index is 1.68. The third-order valence-corrected chi connectivity index (χ3v) is 4.80. The standard InChI is InChI=1S/C21H15F3N2O/c22-21(23,24)16-8-4-7-14(9-16)18-12-17-19(26-25-18)10-15(11-20(17)27)13-5-2-1-3-6-13/h1-9,12,15H,10-11H2. The Labute approximate surface area is 153 Å². The van der Waals surface area contributed by atoms with Crippen LogP contribution in [0.15, 0.2) is 60.7 Å². The van der Waals surface area contributed by atoms with Crippen molar-refractivity contribution in [2.75, 3.05) is 0 Å². The maximum atomic E-state index is 12.9. The van der Waals surface area contributed by atoms with Gasteiger partial charge < -0.3 is 0 Å². The molecule has 6 heteroatoms. The molecule has 0 saturated heterocycles. The number of rotatable bonds is 2. The zero-order valence-corrected chi connectivity index (χ0v) is 14.2. The number of carbonyl (C=O) groups excluding carboxylic acids is 1. The fourth-order valence-corrected chi connectivity index (χ4v) is 3.41. The van der Waals surface area contributed by atoms with E-state index < -0.39 is 11.7 Å². The third-order valence-electron chi connectivity index (χ3n) is 4.80. The maximum Gasteiger partial charge on any atom is 0.416 e. The molecule has 1 aliphatic carbocycles. The first kappa shape index (κ1) is 17.4. The summed E-state index contributed by atoms with van der Waals surface area (Å²) in [6.45, 7) is 0. The lowest BCUT2D eigenvalue weighted by atomic mass is 9.81. The van der Waals surface area contributed by atoms with Crippen LogP contribution in [0.4, 0.5) is 13.2 Å². The summed E-state index contributed by atoms with van der Waals surface area (Å²) in [6, 6.07) is 16.2. The Bertz CT molecular complexity index is 1000. The minimum absolute atomic E-state index is 0.0416. The van der Waals surface area contributed by atoms with Gasteiger partial charge in [-0.25, -0.2) is 0 Å². The van der Waals surface area contributed by atoms with Crippen molar-refractivity contribution in [3.05, 3.63) is 83.0 Å². The molecule has 2 aromatic carbocycles. The van der Waals surface area contributed by atoms with Gasteiger partial charge in [0.1, 0.15) is 0 Å². The number of benzene rings is 2. The van der Waals surface area contributed by atoms with Crippen molar-refractivity contribution < 1.29 is 18.0 Å². The number of hydrogen-bond donors (Lipinski definition) is 0. The van der Waals surface area contributed by atoms with Gasteiger partial charge in [0, 0.05) is 17.5 Å². The second-order valence-corrected chi connectivity index (χ2v) is 6.61. The first-order valence-corrected chi connectivity index (χ1v) is 8.54. The SMILES string of the molecule is O=C1CC(c2ccccc2)Cc2nnc(-c3cccc(C(F)(F)F)c3)cc21. The van der Waals surface area contributed by atoms with Gasteiger partial charge in [-0.3, -0.25) is 4.79 Å². The van der Waals surface area contributed by atoms with Crippen LogP contribution in [0.1, 0.15) is 39.5 Å².